The number of hydrogen-bond donors (Lipinski definition) is 4. The fourth-order valence-corrected chi connectivity index (χ4v) is 6.39. The number of aliphatic hydroxyl groups is 2. The van der Waals surface area contributed by atoms with Gasteiger partial charge < -0.3 is 40.2 Å². The Hall–Kier alpha value is -2.70. The number of halogens is 1. The zero-order valence-electron chi connectivity index (χ0n) is 20.5. The number of aliphatic hydroxyl groups excluding tert-OH is 1. The monoisotopic (exact) mass is 538 g/mol. The van der Waals surface area contributed by atoms with Gasteiger partial charge in [-0.2, -0.15) is 0 Å². The molecule has 2 bridgehead atoms. The summed E-state index contributed by atoms with van der Waals surface area (Å²) in [5.41, 5.74) is 5.83. The summed E-state index contributed by atoms with van der Waals surface area (Å²) in [4.78, 5) is 37.9. The van der Waals surface area contributed by atoms with Crippen LogP contribution in [0.15, 0.2) is 24.0 Å². The number of carboxylic acids is 1. The quantitative estimate of drug-likeness (QED) is 0.349. The number of likely N-dealkylation sites (tertiary alicyclic amines) is 1. The number of hydrogen-bond acceptors (Lipinski definition) is 10. The van der Waals surface area contributed by atoms with Crippen molar-refractivity contribution in [1.82, 2.24) is 4.90 Å². The van der Waals surface area contributed by atoms with E-state index in [1.54, 1.807) is 6.08 Å². The molecule has 1 aromatic rings. The van der Waals surface area contributed by atoms with Gasteiger partial charge in [-0.25, -0.2) is 4.79 Å². The summed E-state index contributed by atoms with van der Waals surface area (Å²) in [6.45, 7) is 1.79. The number of carboxylic acid groups (broad SMARTS) is 1. The molecule has 0 radical (unpaired) electrons. The van der Waals surface area contributed by atoms with Crippen LogP contribution >= 0.6 is 12.4 Å². The summed E-state index contributed by atoms with van der Waals surface area (Å²) in [5.74, 6) is -2.42. The number of carbonyl (C=O) groups is 3. The normalized spacial score (nSPS) is 30.6. The van der Waals surface area contributed by atoms with Crippen molar-refractivity contribution in [3.63, 3.8) is 0 Å². The molecule has 1 aromatic carbocycles. The maximum absolute atomic E-state index is 12.9. The summed E-state index contributed by atoms with van der Waals surface area (Å²) in [5, 5.41) is 31.0. The zero-order valence-corrected chi connectivity index (χ0v) is 21.3. The lowest BCUT2D eigenvalue weighted by molar-refractivity contribution is -0.175. The fourth-order valence-electron chi connectivity index (χ4n) is 6.39. The van der Waals surface area contributed by atoms with Crippen molar-refractivity contribution in [3.05, 3.63) is 40.7 Å². The van der Waals surface area contributed by atoms with E-state index in [0.717, 1.165) is 11.1 Å². The second-order valence-corrected chi connectivity index (χ2v) is 10.1. The van der Waals surface area contributed by atoms with E-state index in [9.17, 15) is 24.6 Å². The molecule has 6 atom stereocenters. The number of nitrogens with two attached hydrogens (primary N) is 1. The zero-order chi connectivity index (χ0) is 26.0. The van der Waals surface area contributed by atoms with E-state index < -0.39 is 53.6 Å². The number of piperidine rings is 1. The van der Waals surface area contributed by atoms with Gasteiger partial charge in [-0.05, 0) is 45.0 Å². The van der Waals surface area contributed by atoms with Gasteiger partial charge in [0, 0.05) is 23.6 Å². The second-order valence-electron chi connectivity index (χ2n) is 10.1. The Labute approximate surface area is 219 Å². The molecule has 4 aliphatic rings. The highest BCUT2D eigenvalue weighted by Gasteiger charge is 2.71. The highest BCUT2D eigenvalue weighted by atomic mass is 35.5. The van der Waals surface area contributed by atoms with Crippen molar-refractivity contribution < 1.29 is 43.9 Å². The minimum atomic E-state index is -1.44. The molecular weight excluding hydrogens is 508 g/mol. The van der Waals surface area contributed by atoms with Crippen LogP contribution in [0.3, 0.4) is 0 Å². The lowest BCUT2D eigenvalue weighted by Crippen LogP contribution is -2.74. The largest absolute Gasteiger partial charge is 0.481 e. The standard InChI is InChI=1S/C25H30N2O9.ClH/c1-12(34-18(29)10-15(26)22(30)31)23(32)35-16-5-6-25(33)17-9-13-3-4-14(11-28)20-19(13)24(25,21(16)36-20)7-8-27(17)2;/h3-5,12,15,17,21,28,33H,6-11,26H2,1-2H3,(H,30,31);1H/t12-,15-,17+,21-,24-,25+;/m0./s1. The van der Waals surface area contributed by atoms with E-state index in [0.29, 0.717) is 30.7 Å². The van der Waals surface area contributed by atoms with Crippen LogP contribution in [-0.4, -0.2) is 81.6 Å². The molecule has 12 heteroatoms. The number of likely N-dealkylation sites (N-methyl/N-ethyl adjacent to an activating group) is 1. The number of esters is 2. The topological polar surface area (TPSA) is 169 Å². The highest BCUT2D eigenvalue weighted by molar-refractivity contribution is 5.85. The molecule has 0 unspecified atom stereocenters. The molecule has 0 saturated carbocycles. The smallest absolute Gasteiger partial charge is 0.352 e. The van der Waals surface area contributed by atoms with Crippen molar-refractivity contribution in [2.24, 2.45) is 5.73 Å². The van der Waals surface area contributed by atoms with Crippen molar-refractivity contribution in [1.29, 1.82) is 0 Å². The summed E-state index contributed by atoms with van der Waals surface area (Å²) in [7, 11) is 1.99. The maximum Gasteiger partial charge on any atom is 0.352 e. The SMILES string of the molecule is C[C@H](OC(=O)C[C@H](N)C(=O)O)C(=O)OC1=CC[C@@]2(O)[C@H]3Cc4ccc(CO)c5c4[C@@]2(CCN3C)[C@H]1O5.Cl. The molecule has 11 nitrogen and oxygen atoms in total. The van der Waals surface area contributed by atoms with Crippen LogP contribution in [0, 0.1) is 0 Å². The van der Waals surface area contributed by atoms with Crippen LogP contribution in [-0.2, 0) is 42.3 Å². The van der Waals surface area contributed by atoms with Crippen molar-refractivity contribution in [3.8, 4) is 5.75 Å². The molecular formula is C25H31ClN2O9. The van der Waals surface area contributed by atoms with Crippen molar-refractivity contribution >= 4 is 30.3 Å². The van der Waals surface area contributed by atoms with E-state index in [1.807, 2.05) is 19.2 Å². The van der Waals surface area contributed by atoms with Gasteiger partial charge in [0.2, 0.25) is 0 Å². The van der Waals surface area contributed by atoms with Crippen LogP contribution in [0.4, 0.5) is 0 Å². The summed E-state index contributed by atoms with van der Waals surface area (Å²) in [6, 6.07) is 2.18. The third-order valence-electron chi connectivity index (χ3n) is 8.19. The Kier molecular flexibility index (Phi) is 7.06. The van der Waals surface area contributed by atoms with Crippen LogP contribution in [0.25, 0.3) is 0 Å². The summed E-state index contributed by atoms with van der Waals surface area (Å²) >= 11 is 0. The molecule has 1 spiro atoms. The lowest BCUT2D eigenvalue weighted by Gasteiger charge is -2.61. The third-order valence-corrected chi connectivity index (χ3v) is 8.19. The van der Waals surface area contributed by atoms with Crippen molar-refractivity contribution in [2.45, 2.75) is 74.5 Å². The molecule has 2 aliphatic heterocycles. The Morgan fingerprint density at radius 1 is 1.32 bits per heavy atom. The van der Waals surface area contributed by atoms with Crippen LogP contribution < -0.4 is 10.5 Å². The van der Waals surface area contributed by atoms with Crippen LogP contribution in [0.1, 0.15) is 42.9 Å². The van der Waals surface area contributed by atoms with E-state index in [4.69, 9.17) is 25.1 Å². The lowest BCUT2D eigenvalue weighted by atomic mass is 9.50. The van der Waals surface area contributed by atoms with E-state index in [-0.39, 0.29) is 37.2 Å². The molecule has 5 N–H and O–H groups in total. The molecule has 2 aliphatic carbocycles. The first-order chi connectivity index (χ1) is 17.0. The average molecular weight is 539 g/mol. The first kappa shape index (κ1) is 27.3. The van der Waals surface area contributed by atoms with Gasteiger partial charge in [0.15, 0.2) is 12.2 Å². The molecule has 1 saturated heterocycles. The Bertz CT molecular complexity index is 1170. The molecule has 5 rings (SSSR count). The van der Waals surface area contributed by atoms with E-state index >= 15 is 0 Å². The number of aliphatic carboxylic acids is 1. The highest BCUT2D eigenvalue weighted by Crippen LogP contribution is 2.64. The molecule has 202 valence electrons. The van der Waals surface area contributed by atoms with Gasteiger partial charge >= 0.3 is 17.9 Å². The molecule has 0 aromatic heterocycles. The van der Waals surface area contributed by atoms with Gasteiger partial charge in [-0.3, -0.25) is 9.59 Å². The van der Waals surface area contributed by atoms with Crippen molar-refractivity contribution in [2.75, 3.05) is 13.6 Å². The molecule has 1 fully saturated rings. The van der Waals surface area contributed by atoms with Gasteiger partial charge in [0.05, 0.1) is 24.0 Å². The Morgan fingerprint density at radius 3 is 2.73 bits per heavy atom. The third kappa shape index (κ3) is 3.91. The Morgan fingerprint density at radius 2 is 2.05 bits per heavy atom. The van der Waals surface area contributed by atoms with E-state index in [2.05, 4.69) is 4.90 Å². The van der Waals surface area contributed by atoms with Crippen LogP contribution in [0.5, 0.6) is 5.75 Å². The number of ether oxygens (including phenoxy) is 3. The molecule has 37 heavy (non-hydrogen) atoms. The number of nitrogens with zero attached hydrogens (tertiary/aromatic N) is 1. The summed E-state index contributed by atoms with van der Waals surface area (Å²) < 4.78 is 17.1. The van der Waals surface area contributed by atoms with Gasteiger partial charge in [-0.1, -0.05) is 12.1 Å². The Balaban J connectivity index is 0.00000320. The molecule has 2 heterocycles. The van der Waals surface area contributed by atoms with E-state index in [1.165, 1.54) is 6.92 Å². The maximum atomic E-state index is 12.9. The number of benzene rings is 1. The van der Waals surface area contributed by atoms with Gasteiger partial charge in [0.25, 0.3) is 0 Å². The van der Waals surface area contributed by atoms with Gasteiger partial charge in [-0.15, -0.1) is 12.4 Å². The molecule has 0 amide bonds. The second kappa shape index (κ2) is 9.55. The summed E-state index contributed by atoms with van der Waals surface area (Å²) in [6.07, 6.45) is 0.360. The minimum absolute atomic E-state index is 0. The van der Waals surface area contributed by atoms with Crippen LogP contribution in [0.2, 0.25) is 0 Å². The van der Waals surface area contributed by atoms with Gasteiger partial charge in [0.1, 0.15) is 17.6 Å². The first-order valence-electron chi connectivity index (χ1n) is 12.0. The fraction of sp³-hybridized carbons (Fsp3) is 0.560. The number of carbonyl (C=O) groups excluding carboxylic acids is 2. The predicted octanol–water partition coefficient (Wildman–Crippen LogP) is 0.155. The average Bonchev–Trinajstić information content (AvgIpc) is 3.18. The predicted molar refractivity (Wildman–Crippen MR) is 130 cm³/mol. The minimum Gasteiger partial charge on any atom is -0.481 e. The first-order valence-corrected chi connectivity index (χ1v) is 12.0. The number of rotatable bonds is 7.